The third-order valence-corrected chi connectivity index (χ3v) is 1.67. The van der Waals surface area contributed by atoms with Gasteiger partial charge in [-0.2, -0.15) is 8.42 Å². The Morgan fingerprint density at radius 2 is 2.21 bits per heavy atom. The lowest BCUT2D eigenvalue weighted by molar-refractivity contribution is 0.0695. The molecule has 0 saturated carbocycles. The molecule has 0 radical (unpaired) electrons. The molecule has 8 heteroatoms. The van der Waals surface area contributed by atoms with Gasteiger partial charge in [-0.25, -0.2) is 14.8 Å². The predicted octanol–water partition coefficient (Wildman–Crippen LogP) is 0.177. The van der Waals surface area contributed by atoms with E-state index in [9.17, 15) is 13.2 Å². The number of carboxylic acids is 1. The quantitative estimate of drug-likeness (QED) is 0.753. The molecule has 0 aromatic carbocycles. The Morgan fingerprint density at radius 3 is 2.64 bits per heavy atom. The number of carboxylic acid groups (broad SMARTS) is 1. The molecule has 0 aliphatic rings. The fourth-order valence-corrected chi connectivity index (χ4v) is 0.997. The van der Waals surface area contributed by atoms with Crippen LogP contribution in [0.3, 0.4) is 0 Å². The van der Waals surface area contributed by atoms with Crippen LogP contribution in [0.2, 0.25) is 0 Å². The van der Waals surface area contributed by atoms with Gasteiger partial charge < -0.3 is 5.11 Å². The molecule has 14 heavy (non-hydrogen) atoms. The molecule has 74 valence electrons. The third-order valence-electron chi connectivity index (χ3n) is 1.35. The lowest BCUT2D eigenvalue weighted by Gasteiger charge is -1.97. The summed E-state index contributed by atoms with van der Waals surface area (Å²) in [6, 6.07) is 0. The van der Waals surface area contributed by atoms with E-state index >= 15 is 0 Å². The first-order valence-electron chi connectivity index (χ1n) is 3.38. The molecule has 0 amide bonds. The summed E-state index contributed by atoms with van der Waals surface area (Å²) in [5, 5.41) is 8.61. The number of carbonyl (C=O) groups is 1. The van der Waals surface area contributed by atoms with Crippen LogP contribution in [0.15, 0.2) is 10.6 Å². The van der Waals surface area contributed by atoms with Crippen molar-refractivity contribution in [3.8, 4) is 0 Å². The van der Waals surface area contributed by atoms with Crippen molar-refractivity contribution in [1.82, 2.24) is 9.97 Å². The molecular weight excluding hydrogens is 210 g/mol. The van der Waals surface area contributed by atoms with Crippen LogP contribution in [0.5, 0.6) is 0 Å². The maximum atomic E-state index is 10.5. The molecule has 0 aliphatic heterocycles. The van der Waals surface area contributed by atoms with Crippen molar-refractivity contribution in [3.05, 3.63) is 17.5 Å². The van der Waals surface area contributed by atoms with Crippen molar-refractivity contribution in [3.63, 3.8) is 0 Å². The molecular formula is C6H5N3O4S. The second-order valence-corrected chi connectivity index (χ2v) is 2.90. The average molecular weight is 215 g/mol. The first-order valence-corrected chi connectivity index (χ1v) is 4.42. The maximum Gasteiger partial charge on any atom is 0.339 e. The first-order chi connectivity index (χ1) is 6.50. The number of aromatic nitrogens is 2. The minimum absolute atomic E-state index is 0.0827. The number of aryl methyl sites for hydroxylation is 1. The van der Waals surface area contributed by atoms with Gasteiger partial charge in [-0.1, -0.05) is 4.36 Å². The average Bonchev–Trinajstić information content (AvgIpc) is 2.01. The molecule has 7 nitrogen and oxygen atoms in total. The van der Waals surface area contributed by atoms with Crippen molar-refractivity contribution in [2.45, 2.75) is 6.92 Å². The molecule has 1 aromatic heterocycles. The second-order valence-electron chi connectivity index (χ2n) is 2.28. The van der Waals surface area contributed by atoms with Crippen molar-refractivity contribution in [1.29, 1.82) is 0 Å². The molecule has 1 aromatic rings. The minimum Gasteiger partial charge on any atom is -0.478 e. The van der Waals surface area contributed by atoms with Gasteiger partial charge in [0.15, 0.2) is 0 Å². The molecule has 0 atom stereocenters. The molecule has 0 aliphatic carbocycles. The van der Waals surface area contributed by atoms with E-state index in [0.29, 0.717) is 0 Å². The molecule has 0 unspecified atom stereocenters. The highest BCUT2D eigenvalue weighted by atomic mass is 32.2. The van der Waals surface area contributed by atoms with Gasteiger partial charge in [0.1, 0.15) is 0 Å². The summed E-state index contributed by atoms with van der Waals surface area (Å²) in [4.78, 5) is 17.6. The van der Waals surface area contributed by atoms with E-state index in [4.69, 9.17) is 5.11 Å². The first kappa shape index (κ1) is 10.3. The molecule has 0 spiro atoms. The van der Waals surface area contributed by atoms with E-state index in [-0.39, 0.29) is 17.2 Å². The van der Waals surface area contributed by atoms with E-state index in [1.807, 2.05) is 0 Å². The van der Waals surface area contributed by atoms with Gasteiger partial charge in [-0.15, -0.1) is 0 Å². The molecule has 0 bridgehead atoms. The summed E-state index contributed by atoms with van der Waals surface area (Å²) < 4.78 is 23.3. The van der Waals surface area contributed by atoms with Crippen LogP contribution in [-0.2, 0) is 10.5 Å². The Hall–Kier alpha value is -1.83. The molecule has 0 fully saturated rings. The van der Waals surface area contributed by atoms with Crippen LogP contribution in [0.4, 0.5) is 5.95 Å². The van der Waals surface area contributed by atoms with E-state index in [2.05, 4.69) is 14.3 Å². The topological polar surface area (TPSA) is 110 Å². The smallest absolute Gasteiger partial charge is 0.339 e. The Balaban J connectivity index is 3.26. The SMILES string of the molecule is Cc1nc(N=S(=O)=O)ncc1C(=O)O. The fourth-order valence-electron chi connectivity index (χ4n) is 0.775. The third kappa shape index (κ3) is 2.33. The van der Waals surface area contributed by atoms with Crippen LogP contribution < -0.4 is 0 Å². The largest absolute Gasteiger partial charge is 0.478 e. The second kappa shape index (κ2) is 3.92. The summed E-state index contributed by atoms with van der Waals surface area (Å²) in [5.74, 6) is -1.45. The standard InChI is InChI=1S/C6H5N3O4S/c1-3-4(5(10)11)2-7-6(8-3)9-14(12)13/h2H,1H3,(H,10,11). The van der Waals surface area contributed by atoms with Gasteiger partial charge in [-0.3, -0.25) is 0 Å². The van der Waals surface area contributed by atoms with E-state index in [0.717, 1.165) is 6.20 Å². The number of rotatable bonds is 2. The number of nitrogens with zero attached hydrogens (tertiary/aromatic N) is 3. The fraction of sp³-hybridized carbons (Fsp3) is 0.167. The number of aromatic carboxylic acids is 1. The van der Waals surface area contributed by atoms with E-state index in [1.54, 1.807) is 0 Å². The summed E-state index contributed by atoms with van der Waals surface area (Å²) in [6.07, 6.45) is 1.01. The zero-order valence-electron chi connectivity index (χ0n) is 7.00. The summed E-state index contributed by atoms with van der Waals surface area (Å²) >= 11 is 0. The van der Waals surface area contributed by atoms with Crippen molar-refractivity contribution in [2.75, 3.05) is 0 Å². The van der Waals surface area contributed by atoms with Crippen molar-refractivity contribution < 1.29 is 18.3 Å². The van der Waals surface area contributed by atoms with Gasteiger partial charge in [0.25, 0.3) is 5.95 Å². The monoisotopic (exact) mass is 215 g/mol. The molecule has 0 saturated heterocycles. The Bertz CT molecular complexity index is 500. The highest BCUT2D eigenvalue weighted by molar-refractivity contribution is 7.61. The van der Waals surface area contributed by atoms with Gasteiger partial charge in [-0.05, 0) is 6.92 Å². The van der Waals surface area contributed by atoms with Crippen molar-refractivity contribution >= 4 is 22.4 Å². The van der Waals surface area contributed by atoms with Gasteiger partial charge >= 0.3 is 16.5 Å². The van der Waals surface area contributed by atoms with Crippen LogP contribution >= 0.6 is 0 Å². The van der Waals surface area contributed by atoms with Crippen LogP contribution in [-0.4, -0.2) is 29.5 Å². The Morgan fingerprint density at radius 1 is 1.57 bits per heavy atom. The van der Waals surface area contributed by atoms with Crippen molar-refractivity contribution in [2.24, 2.45) is 4.36 Å². The predicted molar refractivity (Wildman–Crippen MR) is 44.7 cm³/mol. The van der Waals surface area contributed by atoms with E-state index < -0.39 is 16.5 Å². The lowest BCUT2D eigenvalue weighted by atomic mass is 10.2. The van der Waals surface area contributed by atoms with Gasteiger partial charge in [0.2, 0.25) is 0 Å². The van der Waals surface area contributed by atoms with Gasteiger partial charge in [0, 0.05) is 6.20 Å². The Labute approximate surface area is 80.1 Å². The zero-order valence-corrected chi connectivity index (χ0v) is 7.82. The van der Waals surface area contributed by atoms with Crippen LogP contribution in [0.1, 0.15) is 16.1 Å². The molecule has 1 rings (SSSR count). The number of hydrogen-bond donors (Lipinski definition) is 1. The lowest BCUT2D eigenvalue weighted by Crippen LogP contribution is -2.02. The highest BCUT2D eigenvalue weighted by Gasteiger charge is 2.09. The maximum absolute atomic E-state index is 10.5. The Kier molecular flexibility index (Phi) is 2.87. The summed E-state index contributed by atoms with van der Waals surface area (Å²) in [7, 11) is -2.64. The van der Waals surface area contributed by atoms with Crippen LogP contribution in [0, 0.1) is 6.92 Å². The normalized spacial score (nSPS) is 9.50. The number of hydrogen-bond acceptors (Lipinski definition) is 6. The van der Waals surface area contributed by atoms with Gasteiger partial charge in [0.05, 0.1) is 11.3 Å². The summed E-state index contributed by atoms with van der Waals surface area (Å²) in [5.41, 5.74) is 0.0809. The highest BCUT2D eigenvalue weighted by Crippen LogP contribution is 2.08. The minimum atomic E-state index is -2.64. The molecule has 1 N–H and O–H groups in total. The van der Waals surface area contributed by atoms with Crippen LogP contribution in [0.25, 0.3) is 0 Å². The zero-order chi connectivity index (χ0) is 10.7. The molecule has 1 heterocycles. The summed E-state index contributed by atoms with van der Waals surface area (Å²) in [6.45, 7) is 1.43. The van der Waals surface area contributed by atoms with E-state index in [1.165, 1.54) is 6.92 Å².